The molecule has 2 aromatic rings. The van der Waals surface area contributed by atoms with Gasteiger partial charge in [0, 0.05) is 6.54 Å². The molecular weight excluding hydrogens is 398 g/mol. The van der Waals surface area contributed by atoms with E-state index in [0.717, 1.165) is 25.2 Å². The molecular formula is C20H25ClN3O3S+. The Morgan fingerprint density at radius 3 is 2.46 bits per heavy atom. The first-order chi connectivity index (χ1) is 13.4. The van der Waals surface area contributed by atoms with Crippen LogP contribution in [0.5, 0.6) is 0 Å². The molecule has 1 saturated heterocycles. The van der Waals surface area contributed by atoms with Crippen LogP contribution in [-0.4, -0.2) is 51.4 Å². The van der Waals surface area contributed by atoms with Gasteiger partial charge in [0.15, 0.2) is 0 Å². The maximum atomic E-state index is 13.0. The molecule has 0 atom stereocenters. The predicted octanol–water partition coefficient (Wildman–Crippen LogP) is 1.18. The highest BCUT2D eigenvalue weighted by atomic mass is 35.5. The Morgan fingerprint density at radius 2 is 1.82 bits per heavy atom. The molecule has 1 amide bonds. The van der Waals surface area contributed by atoms with Gasteiger partial charge >= 0.3 is 0 Å². The highest BCUT2D eigenvalue weighted by molar-refractivity contribution is 7.89. The van der Waals surface area contributed by atoms with Crippen molar-refractivity contribution in [1.29, 1.82) is 0 Å². The van der Waals surface area contributed by atoms with E-state index in [1.54, 1.807) is 0 Å². The molecule has 1 aliphatic rings. The number of quaternary nitrogens is 1. The average Bonchev–Trinajstić information content (AvgIpc) is 2.73. The smallest absolute Gasteiger partial charge is 0.253 e. The van der Waals surface area contributed by atoms with Crippen molar-refractivity contribution in [1.82, 2.24) is 9.62 Å². The molecule has 2 aromatic carbocycles. The number of rotatable bonds is 6. The van der Waals surface area contributed by atoms with Crippen molar-refractivity contribution in [2.45, 2.75) is 18.4 Å². The van der Waals surface area contributed by atoms with Crippen LogP contribution in [0.25, 0.3) is 0 Å². The van der Waals surface area contributed by atoms with E-state index in [0.29, 0.717) is 19.6 Å². The SMILES string of the molecule is CC[NH+]1CCN(S(=O)(=O)c2ccc(Cl)c(C(=O)NCc3ccccc3)c2)CC1. The minimum absolute atomic E-state index is 0.0988. The summed E-state index contributed by atoms with van der Waals surface area (Å²) in [6.45, 7) is 5.95. The van der Waals surface area contributed by atoms with Crippen LogP contribution in [-0.2, 0) is 16.6 Å². The van der Waals surface area contributed by atoms with Crippen LogP contribution in [0, 0.1) is 0 Å². The molecule has 150 valence electrons. The first-order valence-corrected chi connectivity index (χ1v) is 11.2. The van der Waals surface area contributed by atoms with Gasteiger partial charge in [-0.3, -0.25) is 4.79 Å². The minimum Gasteiger partial charge on any atom is -0.348 e. The number of nitrogens with zero attached hydrogens (tertiary/aromatic N) is 1. The number of carbonyl (C=O) groups is 1. The largest absolute Gasteiger partial charge is 0.348 e. The molecule has 0 aromatic heterocycles. The summed E-state index contributed by atoms with van der Waals surface area (Å²) >= 11 is 6.17. The zero-order valence-corrected chi connectivity index (χ0v) is 17.4. The lowest BCUT2D eigenvalue weighted by atomic mass is 10.2. The summed E-state index contributed by atoms with van der Waals surface area (Å²) in [6.07, 6.45) is 0. The van der Waals surface area contributed by atoms with Crippen molar-refractivity contribution in [3.05, 3.63) is 64.7 Å². The van der Waals surface area contributed by atoms with Gasteiger partial charge in [-0.25, -0.2) is 8.42 Å². The number of amides is 1. The van der Waals surface area contributed by atoms with Gasteiger partial charge in [-0.05, 0) is 30.7 Å². The van der Waals surface area contributed by atoms with Crippen molar-refractivity contribution in [2.24, 2.45) is 0 Å². The monoisotopic (exact) mass is 422 g/mol. The van der Waals surface area contributed by atoms with Crippen molar-refractivity contribution >= 4 is 27.5 Å². The van der Waals surface area contributed by atoms with Crippen LogP contribution in [0.3, 0.4) is 0 Å². The Balaban J connectivity index is 1.76. The zero-order chi connectivity index (χ0) is 20.1. The normalized spacial score (nSPS) is 16.1. The number of hydrogen-bond acceptors (Lipinski definition) is 3. The van der Waals surface area contributed by atoms with Crippen LogP contribution in [0.2, 0.25) is 5.02 Å². The zero-order valence-electron chi connectivity index (χ0n) is 15.8. The van der Waals surface area contributed by atoms with E-state index < -0.39 is 15.9 Å². The number of nitrogens with one attached hydrogen (secondary N) is 2. The molecule has 0 radical (unpaired) electrons. The maximum Gasteiger partial charge on any atom is 0.253 e. The lowest BCUT2D eigenvalue weighted by Gasteiger charge is -2.30. The molecule has 0 aliphatic carbocycles. The molecule has 1 aliphatic heterocycles. The number of hydrogen-bond donors (Lipinski definition) is 2. The van der Waals surface area contributed by atoms with Gasteiger partial charge in [0.25, 0.3) is 5.91 Å². The van der Waals surface area contributed by atoms with E-state index in [9.17, 15) is 13.2 Å². The van der Waals surface area contributed by atoms with E-state index >= 15 is 0 Å². The van der Waals surface area contributed by atoms with Crippen LogP contribution in [0.1, 0.15) is 22.8 Å². The van der Waals surface area contributed by atoms with Gasteiger partial charge in [0.2, 0.25) is 10.0 Å². The molecule has 0 saturated carbocycles. The third-order valence-corrected chi connectivity index (χ3v) is 7.27. The standard InChI is InChI=1S/C20H24ClN3O3S/c1-2-23-10-12-24(13-11-23)28(26,27)17-8-9-19(21)18(14-17)20(25)22-15-16-6-4-3-5-7-16/h3-9,14H,2,10-13,15H2,1H3,(H,22,25)/p+1. The van der Waals surface area contributed by atoms with Crippen molar-refractivity contribution < 1.29 is 18.1 Å². The summed E-state index contributed by atoms with van der Waals surface area (Å²) in [7, 11) is -3.65. The molecule has 8 heteroatoms. The van der Waals surface area contributed by atoms with Crippen molar-refractivity contribution in [3.63, 3.8) is 0 Å². The number of likely N-dealkylation sites (N-methyl/N-ethyl adjacent to an activating group) is 1. The Morgan fingerprint density at radius 1 is 1.14 bits per heavy atom. The lowest BCUT2D eigenvalue weighted by Crippen LogP contribution is -3.14. The Hall–Kier alpha value is -1.93. The van der Waals surface area contributed by atoms with Gasteiger partial charge in [-0.2, -0.15) is 4.31 Å². The number of halogens is 1. The van der Waals surface area contributed by atoms with Crippen LogP contribution >= 0.6 is 11.6 Å². The van der Waals surface area contributed by atoms with E-state index in [2.05, 4.69) is 12.2 Å². The fourth-order valence-corrected chi connectivity index (χ4v) is 4.93. The third-order valence-electron chi connectivity index (χ3n) is 5.05. The van der Waals surface area contributed by atoms with Crippen molar-refractivity contribution in [2.75, 3.05) is 32.7 Å². The Bertz CT molecular complexity index is 927. The van der Waals surface area contributed by atoms with Crippen LogP contribution in [0.15, 0.2) is 53.4 Å². The third kappa shape index (κ3) is 4.72. The topological polar surface area (TPSA) is 70.9 Å². The molecule has 28 heavy (non-hydrogen) atoms. The summed E-state index contributed by atoms with van der Waals surface area (Å²) in [6, 6.07) is 13.8. The lowest BCUT2D eigenvalue weighted by molar-refractivity contribution is -0.901. The molecule has 1 heterocycles. The summed E-state index contributed by atoms with van der Waals surface area (Å²) in [4.78, 5) is 14.1. The fourth-order valence-electron chi connectivity index (χ4n) is 3.26. The summed E-state index contributed by atoms with van der Waals surface area (Å²) in [5.74, 6) is -0.397. The molecule has 2 N–H and O–H groups in total. The molecule has 0 spiro atoms. The molecule has 6 nitrogen and oxygen atoms in total. The second-order valence-electron chi connectivity index (χ2n) is 6.82. The molecule has 0 bridgehead atoms. The first kappa shape index (κ1) is 20.8. The molecule has 0 unspecified atom stereocenters. The minimum atomic E-state index is -3.65. The number of carbonyl (C=O) groups excluding carboxylic acids is 1. The summed E-state index contributed by atoms with van der Waals surface area (Å²) in [5, 5.41) is 3.02. The van der Waals surface area contributed by atoms with E-state index in [1.807, 2.05) is 30.3 Å². The average molecular weight is 423 g/mol. The number of benzene rings is 2. The Kier molecular flexibility index (Phi) is 6.72. The van der Waals surface area contributed by atoms with E-state index in [1.165, 1.54) is 27.4 Å². The van der Waals surface area contributed by atoms with Gasteiger partial charge < -0.3 is 10.2 Å². The predicted molar refractivity (Wildman–Crippen MR) is 109 cm³/mol. The number of piperazine rings is 1. The van der Waals surface area contributed by atoms with Gasteiger partial charge in [0.1, 0.15) is 0 Å². The second kappa shape index (κ2) is 9.05. The second-order valence-corrected chi connectivity index (χ2v) is 9.16. The van der Waals surface area contributed by atoms with Gasteiger partial charge in [0.05, 0.1) is 48.2 Å². The van der Waals surface area contributed by atoms with Crippen LogP contribution in [0.4, 0.5) is 0 Å². The van der Waals surface area contributed by atoms with E-state index in [-0.39, 0.29) is 15.5 Å². The van der Waals surface area contributed by atoms with Crippen molar-refractivity contribution in [3.8, 4) is 0 Å². The Labute approximate surface area is 171 Å². The molecule has 1 fully saturated rings. The van der Waals surface area contributed by atoms with Gasteiger partial charge in [-0.15, -0.1) is 0 Å². The quantitative estimate of drug-likeness (QED) is 0.734. The summed E-state index contributed by atoms with van der Waals surface area (Å²) in [5.41, 5.74) is 1.11. The fraction of sp³-hybridized carbons (Fsp3) is 0.350. The molecule has 3 rings (SSSR count). The maximum absolute atomic E-state index is 13.0. The van der Waals surface area contributed by atoms with Gasteiger partial charge in [-0.1, -0.05) is 41.9 Å². The highest BCUT2D eigenvalue weighted by Crippen LogP contribution is 2.23. The summed E-state index contributed by atoms with van der Waals surface area (Å²) < 4.78 is 27.5. The first-order valence-electron chi connectivity index (χ1n) is 9.37. The van der Waals surface area contributed by atoms with Crippen LogP contribution < -0.4 is 10.2 Å². The van der Waals surface area contributed by atoms with E-state index in [4.69, 9.17) is 11.6 Å². The highest BCUT2D eigenvalue weighted by Gasteiger charge is 2.30. The number of sulfonamides is 1.